The van der Waals surface area contributed by atoms with Crippen molar-refractivity contribution in [3.8, 4) is 0 Å². The zero-order valence-corrected chi connectivity index (χ0v) is 12.4. The molecule has 1 aromatic rings. The van der Waals surface area contributed by atoms with Crippen LogP contribution in [0.4, 0.5) is 0 Å². The fraction of sp³-hybridized carbons (Fsp3) is 0.400. The van der Waals surface area contributed by atoms with Gasteiger partial charge < -0.3 is 24.8 Å². The van der Waals surface area contributed by atoms with Crippen LogP contribution in [0.5, 0.6) is 0 Å². The molecule has 0 bridgehead atoms. The van der Waals surface area contributed by atoms with Crippen LogP contribution in [0.15, 0.2) is 30.0 Å². The van der Waals surface area contributed by atoms with Gasteiger partial charge in [0.1, 0.15) is 0 Å². The summed E-state index contributed by atoms with van der Waals surface area (Å²) < 4.78 is 10.7. The third kappa shape index (κ3) is 4.45. The molecule has 7 heteroatoms. The van der Waals surface area contributed by atoms with E-state index in [2.05, 4.69) is 0 Å². The van der Waals surface area contributed by atoms with Gasteiger partial charge in [0.15, 0.2) is 0 Å². The van der Waals surface area contributed by atoms with Gasteiger partial charge in [-0.2, -0.15) is 0 Å². The standard InChI is InChI=1S/C15H17ClO6/c16-12-4-2-1-3-9(12)5-13(15(19)20)22-14-7-10(18)6-11(8-17)21-14/h1-5,10-11,14,17-18H,6-8H2,(H,19,20)/b13-5-. The summed E-state index contributed by atoms with van der Waals surface area (Å²) in [5.41, 5.74) is 0.497. The number of rotatable bonds is 5. The second-order valence-corrected chi connectivity index (χ2v) is 5.36. The van der Waals surface area contributed by atoms with E-state index >= 15 is 0 Å². The molecule has 1 aromatic carbocycles. The van der Waals surface area contributed by atoms with E-state index in [0.29, 0.717) is 10.6 Å². The minimum atomic E-state index is -1.27. The molecule has 1 fully saturated rings. The molecule has 3 unspecified atom stereocenters. The number of aliphatic hydroxyl groups excluding tert-OH is 2. The Morgan fingerprint density at radius 2 is 2.14 bits per heavy atom. The fourth-order valence-electron chi connectivity index (χ4n) is 2.16. The van der Waals surface area contributed by atoms with E-state index in [9.17, 15) is 15.0 Å². The van der Waals surface area contributed by atoms with Gasteiger partial charge in [0.25, 0.3) is 0 Å². The highest BCUT2D eigenvalue weighted by atomic mass is 35.5. The van der Waals surface area contributed by atoms with E-state index in [1.165, 1.54) is 6.08 Å². The lowest BCUT2D eigenvalue weighted by molar-refractivity contribution is -0.208. The van der Waals surface area contributed by atoms with Gasteiger partial charge in [-0.1, -0.05) is 29.8 Å². The summed E-state index contributed by atoms with van der Waals surface area (Å²) in [7, 11) is 0. The van der Waals surface area contributed by atoms with E-state index in [1.807, 2.05) is 0 Å². The SMILES string of the molecule is O=C(O)/C(=C/c1ccccc1Cl)OC1CC(O)CC(CO)O1. The molecule has 0 radical (unpaired) electrons. The van der Waals surface area contributed by atoms with Crippen LogP contribution >= 0.6 is 11.6 Å². The van der Waals surface area contributed by atoms with Crippen LogP contribution < -0.4 is 0 Å². The maximum atomic E-state index is 11.3. The van der Waals surface area contributed by atoms with Crippen LogP contribution in [0, 0.1) is 0 Å². The minimum Gasteiger partial charge on any atom is -0.475 e. The molecule has 6 nitrogen and oxygen atoms in total. The van der Waals surface area contributed by atoms with Crippen molar-refractivity contribution >= 4 is 23.6 Å². The molecule has 1 saturated heterocycles. The molecular formula is C15H17ClO6. The van der Waals surface area contributed by atoms with Crippen molar-refractivity contribution < 1.29 is 29.6 Å². The van der Waals surface area contributed by atoms with E-state index in [0.717, 1.165) is 0 Å². The number of hydrogen-bond acceptors (Lipinski definition) is 5. The summed E-state index contributed by atoms with van der Waals surface area (Å²) in [5, 5.41) is 28.4. The molecule has 1 aliphatic rings. The van der Waals surface area contributed by atoms with E-state index in [4.69, 9.17) is 26.2 Å². The summed E-state index contributed by atoms with van der Waals surface area (Å²) in [6.45, 7) is -0.270. The van der Waals surface area contributed by atoms with Gasteiger partial charge in [0, 0.05) is 17.9 Å². The monoisotopic (exact) mass is 328 g/mol. The number of aliphatic carboxylic acids is 1. The first-order chi connectivity index (χ1) is 10.5. The predicted octanol–water partition coefficient (Wildman–Crippen LogP) is 1.64. The number of carboxylic acids is 1. The summed E-state index contributed by atoms with van der Waals surface area (Å²) >= 11 is 5.99. The van der Waals surface area contributed by atoms with Crippen molar-refractivity contribution in [2.24, 2.45) is 0 Å². The predicted molar refractivity (Wildman–Crippen MR) is 79.1 cm³/mol. The van der Waals surface area contributed by atoms with Crippen LogP contribution in [-0.4, -0.2) is 46.4 Å². The third-order valence-electron chi connectivity index (χ3n) is 3.21. The lowest BCUT2D eigenvalue weighted by Gasteiger charge is -2.32. The summed E-state index contributed by atoms with van der Waals surface area (Å²) in [4.78, 5) is 11.3. The van der Waals surface area contributed by atoms with Crippen LogP contribution in [0.25, 0.3) is 6.08 Å². The summed E-state index contributed by atoms with van der Waals surface area (Å²) in [6, 6.07) is 6.74. The molecule has 0 aromatic heterocycles. The Kier molecular flexibility index (Phi) is 5.79. The Hall–Kier alpha value is -1.60. The number of benzene rings is 1. The Balaban J connectivity index is 2.15. The Morgan fingerprint density at radius 1 is 1.41 bits per heavy atom. The maximum Gasteiger partial charge on any atom is 0.371 e. The topological polar surface area (TPSA) is 96.2 Å². The molecule has 1 heterocycles. The van der Waals surface area contributed by atoms with Gasteiger partial charge in [-0.05, 0) is 17.7 Å². The molecule has 3 atom stereocenters. The first-order valence-electron chi connectivity index (χ1n) is 6.80. The minimum absolute atomic E-state index is 0.129. The van der Waals surface area contributed by atoms with Crippen molar-refractivity contribution in [2.45, 2.75) is 31.3 Å². The number of hydrogen-bond donors (Lipinski definition) is 3. The van der Waals surface area contributed by atoms with Gasteiger partial charge in [-0.3, -0.25) is 0 Å². The lowest BCUT2D eigenvalue weighted by atomic mass is 10.1. The molecule has 22 heavy (non-hydrogen) atoms. The van der Waals surface area contributed by atoms with Crippen molar-refractivity contribution in [3.05, 3.63) is 40.6 Å². The highest BCUT2D eigenvalue weighted by Crippen LogP contribution is 2.24. The molecular weight excluding hydrogens is 312 g/mol. The van der Waals surface area contributed by atoms with Crippen molar-refractivity contribution in [1.29, 1.82) is 0 Å². The lowest BCUT2D eigenvalue weighted by Crippen LogP contribution is -2.39. The van der Waals surface area contributed by atoms with Crippen LogP contribution in [0.1, 0.15) is 18.4 Å². The second-order valence-electron chi connectivity index (χ2n) is 4.95. The number of aliphatic hydroxyl groups is 2. The highest BCUT2D eigenvalue weighted by molar-refractivity contribution is 6.32. The number of ether oxygens (including phenoxy) is 2. The summed E-state index contributed by atoms with van der Waals surface area (Å²) in [6.07, 6.45) is -0.527. The molecule has 2 rings (SSSR count). The van der Waals surface area contributed by atoms with Gasteiger partial charge in [0.2, 0.25) is 12.0 Å². The molecule has 0 amide bonds. The van der Waals surface area contributed by atoms with Crippen LogP contribution in [0.2, 0.25) is 5.02 Å². The van der Waals surface area contributed by atoms with Gasteiger partial charge in [-0.25, -0.2) is 4.79 Å². The highest BCUT2D eigenvalue weighted by Gasteiger charge is 2.30. The summed E-state index contributed by atoms with van der Waals surface area (Å²) in [5.74, 6) is -1.62. The first-order valence-corrected chi connectivity index (χ1v) is 7.18. The van der Waals surface area contributed by atoms with Crippen molar-refractivity contribution in [3.63, 3.8) is 0 Å². The normalized spacial score (nSPS) is 25.8. The van der Waals surface area contributed by atoms with E-state index in [1.54, 1.807) is 24.3 Å². The van der Waals surface area contributed by atoms with Gasteiger partial charge in [-0.15, -0.1) is 0 Å². The Bertz CT molecular complexity index is 559. The van der Waals surface area contributed by atoms with Gasteiger partial charge >= 0.3 is 5.97 Å². The zero-order valence-electron chi connectivity index (χ0n) is 11.7. The average molecular weight is 329 g/mol. The van der Waals surface area contributed by atoms with Crippen LogP contribution in [-0.2, 0) is 14.3 Å². The molecule has 0 saturated carbocycles. The molecule has 120 valence electrons. The number of carbonyl (C=O) groups is 1. The van der Waals surface area contributed by atoms with E-state index < -0.39 is 24.5 Å². The van der Waals surface area contributed by atoms with Crippen molar-refractivity contribution in [2.75, 3.05) is 6.61 Å². The number of carboxylic acid groups (broad SMARTS) is 1. The van der Waals surface area contributed by atoms with E-state index in [-0.39, 0.29) is 25.2 Å². The third-order valence-corrected chi connectivity index (χ3v) is 3.55. The zero-order chi connectivity index (χ0) is 16.1. The molecule has 1 aliphatic heterocycles. The maximum absolute atomic E-state index is 11.3. The number of halogens is 1. The smallest absolute Gasteiger partial charge is 0.371 e. The Labute approximate surface area is 132 Å². The largest absolute Gasteiger partial charge is 0.475 e. The average Bonchev–Trinajstić information content (AvgIpc) is 2.48. The molecule has 0 aliphatic carbocycles. The fourth-order valence-corrected chi connectivity index (χ4v) is 2.35. The molecule has 0 spiro atoms. The second kappa shape index (κ2) is 7.60. The van der Waals surface area contributed by atoms with Crippen molar-refractivity contribution in [1.82, 2.24) is 0 Å². The molecule has 3 N–H and O–H groups in total. The van der Waals surface area contributed by atoms with Crippen LogP contribution in [0.3, 0.4) is 0 Å². The quantitative estimate of drug-likeness (QED) is 0.561. The van der Waals surface area contributed by atoms with Gasteiger partial charge in [0.05, 0.1) is 18.8 Å². The Morgan fingerprint density at radius 3 is 2.77 bits per heavy atom. The first kappa shape index (κ1) is 16.8.